The number of esters is 1. The molecule has 6 heteroatoms. The third kappa shape index (κ3) is 4.64. The maximum absolute atomic E-state index is 11.7. The molecule has 2 rings (SSSR count). The topological polar surface area (TPSA) is 57.1 Å². The number of hydrogen-bond donors (Lipinski definition) is 0. The lowest BCUT2D eigenvalue weighted by molar-refractivity contribution is -0.140. The van der Waals surface area contributed by atoms with Crippen LogP contribution >= 0.6 is 11.8 Å². The van der Waals surface area contributed by atoms with Crippen LogP contribution < -0.4 is 4.74 Å². The van der Waals surface area contributed by atoms with Gasteiger partial charge in [-0.2, -0.15) is 0 Å². The summed E-state index contributed by atoms with van der Waals surface area (Å²) in [5, 5.41) is 6.03. The number of nitrogens with zero attached hydrogens (tertiary/aromatic N) is 1. The van der Waals surface area contributed by atoms with Gasteiger partial charge in [0.2, 0.25) is 0 Å². The fraction of sp³-hybridized carbons (Fsp3) is 0.333. The number of benzene rings is 2. The van der Waals surface area contributed by atoms with E-state index in [-0.39, 0.29) is 17.6 Å². The Hall–Kier alpha value is -2.21. The summed E-state index contributed by atoms with van der Waals surface area (Å²) >= 11 is 1.56. The van der Waals surface area contributed by atoms with Gasteiger partial charge in [0, 0.05) is 4.90 Å². The van der Waals surface area contributed by atoms with E-state index in [0.29, 0.717) is 0 Å². The van der Waals surface area contributed by atoms with Crippen LogP contribution in [0.25, 0.3) is 10.8 Å². The summed E-state index contributed by atoms with van der Waals surface area (Å²) in [6, 6.07) is 12.1. The molecule has 0 spiro atoms. The highest BCUT2D eigenvalue weighted by molar-refractivity contribution is 8.00. The van der Waals surface area contributed by atoms with Gasteiger partial charge >= 0.3 is 5.97 Å². The zero-order valence-electron chi connectivity index (χ0n) is 14.2. The number of fused-ring (bicyclic) bond motifs is 1. The van der Waals surface area contributed by atoms with Crippen LogP contribution in [0.4, 0.5) is 0 Å². The molecule has 24 heavy (non-hydrogen) atoms. The lowest BCUT2D eigenvalue weighted by Gasteiger charge is -2.15. The van der Waals surface area contributed by atoms with Gasteiger partial charge in [-0.15, -0.1) is 11.8 Å². The maximum atomic E-state index is 11.7. The van der Waals surface area contributed by atoms with Crippen LogP contribution in [0.15, 0.2) is 46.4 Å². The average Bonchev–Trinajstić information content (AvgIpc) is 2.60. The number of carbonyl (C=O) groups is 1. The second-order valence-corrected chi connectivity index (χ2v) is 6.45. The van der Waals surface area contributed by atoms with Crippen molar-refractivity contribution < 1.29 is 19.1 Å². The second kappa shape index (κ2) is 8.59. The van der Waals surface area contributed by atoms with E-state index >= 15 is 0 Å². The molecule has 0 N–H and O–H groups in total. The standard InChI is InChI=1S/C18H21NO4S/c1-12(19-23-4)17(11-18(20)22-3)24-16-8-6-13-9-15(21-2)7-5-14(13)10-16/h5-10,17H,11H2,1-4H3. The van der Waals surface area contributed by atoms with Crippen molar-refractivity contribution in [1.82, 2.24) is 0 Å². The molecule has 2 aromatic rings. The summed E-state index contributed by atoms with van der Waals surface area (Å²) in [6.45, 7) is 1.84. The molecule has 0 aromatic heterocycles. The number of thioether (sulfide) groups is 1. The minimum Gasteiger partial charge on any atom is -0.497 e. The van der Waals surface area contributed by atoms with Crippen molar-refractivity contribution >= 4 is 34.2 Å². The van der Waals surface area contributed by atoms with Crippen LogP contribution in [0.3, 0.4) is 0 Å². The summed E-state index contributed by atoms with van der Waals surface area (Å²) in [7, 11) is 4.53. The second-order valence-electron chi connectivity index (χ2n) is 5.18. The van der Waals surface area contributed by atoms with Crippen LogP contribution in [0.1, 0.15) is 13.3 Å². The molecule has 1 unspecified atom stereocenters. The first-order valence-electron chi connectivity index (χ1n) is 7.46. The Morgan fingerprint density at radius 1 is 1.12 bits per heavy atom. The molecular weight excluding hydrogens is 326 g/mol. The minimum atomic E-state index is -0.274. The zero-order chi connectivity index (χ0) is 17.5. The smallest absolute Gasteiger partial charge is 0.307 e. The number of rotatable bonds is 7. The van der Waals surface area contributed by atoms with Gasteiger partial charge < -0.3 is 14.3 Å². The summed E-state index contributed by atoms with van der Waals surface area (Å²) in [4.78, 5) is 17.5. The Kier molecular flexibility index (Phi) is 6.49. The van der Waals surface area contributed by atoms with E-state index < -0.39 is 0 Å². The van der Waals surface area contributed by atoms with Gasteiger partial charge in [-0.3, -0.25) is 4.79 Å². The van der Waals surface area contributed by atoms with Crippen molar-refractivity contribution in [2.75, 3.05) is 21.3 Å². The molecule has 0 heterocycles. The van der Waals surface area contributed by atoms with Crippen LogP contribution in [-0.2, 0) is 14.4 Å². The van der Waals surface area contributed by atoms with E-state index in [4.69, 9.17) is 14.3 Å². The quantitative estimate of drug-likeness (QED) is 0.329. The SMILES string of the molecule is CON=C(C)C(CC(=O)OC)Sc1ccc2cc(OC)ccc2c1. The molecular formula is C18H21NO4S. The molecule has 0 aliphatic rings. The number of methoxy groups -OCH3 is 2. The van der Waals surface area contributed by atoms with Gasteiger partial charge in [-0.05, 0) is 42.0 Å². The zero-order valence-corrected chi connectivity index (χ0v) is 15.1. The summed E-state index contributed by atoms with van der Waals surface area (Å²) in [5.41, 5.74) is 0.739. The lowest BCUT2D eigenvalue weighted by atomic mass is 10.1. The highest BCUT2D eigenvalue weighted by Crippen LogP contribution is 2.31. The van der Waals surface area contributed by atoms with Gasteiger partial charge in [-0.1, -0.05) is 17.3 Å². The Balaban J connectivity index is 2.25. The lowest BCUT2D eigenvalue weighted by Crippen LogP contribution is -2.19. The van der Waals surface area contributed by atoms with Crippen molar-refractivity contribution in [3.05, 3.63) is 36.4 Å². The van der Waals surface area contributed by atoms with Gasteiger partial charge in [0.05, 0.1) is 31.6 Å². The van der Waals surface area contributed by atoms with E-state index in [1.54, 1.807) is 18.9 Å². The van der Waals surface area contributed by atoms with Crippen molar-refractivity contribution in [2.45, 2.75) is 23.5 Å². The Bertz CT molecular complexity index is 745. The Morgan fingerprint density at radius 2 is 1.83 bits per heavy atom. The molecule has 128 valence electrons. The van der Waals surface area contributed by atoms with Gasteiger partial charge in [0.25, 0.3) is 0 Å². The van der Waals surface area contributed by atoms with Crippen molar-refractivity contribution in [3.63, 3.8) is 0 Å². The minimum absolute atomic E-state index is 0.145. The third-order valence-corrected chi connectivity index (χ3v) is 4.90. The largest absolute Gasteiger partial charge is 0.497 e. The van der Waals surface area contributed by atoms with E-state index in [2.05, 4.69) is 11.2 Å². The molecule has 0 aliphatic heterocycles. The van der Waals surface area contributed by atoms with Crippen LogP contribution in [0.5, 0.6) is 5.75 Å². The van der Waals surface area contributed by atoms with Crippen LogP contribution in [-0.4, -0.2) is 38.3 Å². The molecule has 0 saturated heterocycles. The van der Waals surface area contributed by atoms with Gasteiger partial charge in [0.1, 0.15) is 12.9 Å². The average molecular weight is 347 g/mol. The Morgan fingerprint density at radius 3 is 2.50 bits per heavy atom. The highest BCUT2D eigenvalue weighted by Gasteiger charge is 2.20. The van der Waals surface area contributed by atoms with Crippen molar-refractivity contribution in [3.8, 4) is 5.75 Å². The fourth-order valence-electron chi connectivity index (χ4n) is 2.28. The molecule has 0 amide bonds. The summed E-state index contributed by atoms with van der Waals surface area (Å²) < 4.78 is 10.0. The maximum Gasteiger partial charge on any atom is 0.307 e. The predicted molar refractivity (Wildman–Crippen MR) is 96.9 cm³/mol. The number of hydrogen-bond acceptors (Lipinski definition) is 6. The summed E-state index contributed by atoms with van der Waals surface area (Å²) in [6.07, 6.45) is 0.237. The molecule has 0 radical (unpaired) electrons. The van der Waals surface area contributed by atoms with E-state index in [1.807, 2.05) is 37.3 Å². The molecule has 0 fully saturated rings. The first-order valence-corrected chi connectivity index (χ1v) is 8.34. The normalized spacial score (nSPS) is 12.8. The van der Waals surface area contributed by atoms with E-state index in [0.717, 1.165) is 27.1 Å². The van der Waals surface area contributed by atoms with Gasteiger partial charge in [-0.25, -0.2) is 0 Å². The third-order valence-electron chi connectivity index (χ3n) is 3.58. The monoisotopic (exact) mass is 347 g/mol. The molecule has 1 atom stereocenters. The molecule has 0 aliphatic carbocycles. The highest BCUT2D eigenvalue weighted by atomic mass is 32.2. The van der Waals surface area contributed by atoms with E-state index in [9.17, 15) is 4.79 Å². The molecule has 0 saturated carbocycles. The summed E-state index contributed by atoms with van der Waals surface area (Å²) in [5.74, 6) is 0.554. The first-order chi connectivity index (χ1) is 11.6. The predicted octanol–water partition coefficient (Wildman–Crippen LogP) is 3.89. The van der Waals surface area contributed by atoms with Crippen LogP contribution in [0, 0.1) is 0 Å². The first kappa shape index (κ1) is 18.1. The van der Waals surface area contributed by atoms with Crippen molar-refractivity contribution in [2.24, 2.45) is 5.16 Å². The Labute approximate surface area is 146 Å². The fourth-order valence-corrected chi connectivity index (χ4v) is 3.38. The molecule has 0 bridgehead atoms. The number of carbonyl (C=O) groups excluding carboxylic acids is 1. The molecule has 2 aromatic carbocycles. The van der Waals surface area contributed by atoms with Crippen LogP contribution in [0.2, 0.25) is 0 Å². The molecule has 5 nitrogen and oxygen atoms in total. The van der Waals surface area contributed by atoms with E-state index in [1.165, 1.54) is 14.2 Å². The van der Waals surface area contributed by atoms with Crippen molar-refractivity contribution in [1.29, 1.82) is 0 Å². The number of oxime groups is 1. The number of ether oxygens (including phenoxy) is 2. The van der Waals surface area contributed by atoms with Gasteiger partial charge in [0.15, 0.2) is 0 Å².